The number of hydrogen-bond donors (Lipinski definition) is 4. The van der Waals surface area contributed by atoms with E-state index in [4.69, 9.17) is 24.9 Å². The number of terminal acetylenes is 1. The van der Waals surface area contributed by atoms with Gasteiger partial charge in [0.25, 0.3) is 5.56 Å². The van der Waals surface area contributed by atoms with E-state index in [1.54, 1.807) is 18.2 Å². The molecule has 2 heterocycles. The second kappa shape index (κ2) is 12.4. The number of nitrogens with zero attached hydrogens (tertiary/aromatic N) is 1. The van der Waals surface area contributed by atoms with Crippen molar-refractivity contribution in [3.05, 3.63) is 63.4 Å². The molecule has 0 spiro atoms. The predicted molar refractivity (Wildman–Crippen MR) is 131 cm³/mol. The van der Waals surface area contributed by atoms with Crippen molar-refractivity contribution in [2.24, 2.45) is 0 Å². The van der Waals surface area contributed by atoms with E-state index < -0.39 is 74.4 Å². The van der Waals surface area contributed by atoms with Crippen LogP contribution in [0.15, 0.2) is 52.2 Å². The minimum atomic E-state index is -4.44. The van der Waals surface area contributed by atoms with Gasteiger partial charge in [0.15, 0.2) is 11.8 Å². The monoisotopic (exact) mass is 567 g/mol. The minimum Gasteiger partial charge on any atom is -0.428 e. The molecular formula is C23H26N3O12P. The molecule has 1 fully saturated rings. The molecule has 6 unspecified atom stereocenters. The zero-order valence-corrected chi connectivity index (χ0v) is 21.6. The van der Waals surface area contributed by atoms with Crippen LogP contribution in [-0.2, 0) is 32.9 Å². The Kier molecular flexibility index (Phi) is 9.46. The fourth-order valence-electron chi connectivity index (χ4n) is 3.42. The van der Waals surface area contributed by atoms with Crippen LogP contribution in [0.5, 0.6) is 5.75 Å². The van der Waals surface area contributed by atoms with Gasteiger partial charge in [0, 0.05) is 19.2 Å². The SMILES string of the molecule is C#CC1(O)C(O)C(COP(=O)(NC(C)C(=O)OCOC(C)=O)Oc2ccccc2)OC1n1ccc(=O)[nH]c1=O. The molecule has 0 bridgehead atoms. The van der Waals surface area contributed by atoms with Crippen LogP contribution in [0.3, 0.4) is 0 Å². The van der Waals surface area contributed by atoms with Crippen LogP contribution in [0.4, 0.5) is 0 Å². The highest BCUT2D eigenvalue weighted by atomic mass is 31.2. The van der Waals surface area contributed by atoms with Crippen LogP contribution in [0.1, 0.15) is 20.1 Å². The fourth-order valence-corrected chi connectivity index (χ4v) is 4.92. The van der Waals surface area contributed by atoms with Crippen molar-refractivity contribution in [2.45, 2.75) is 43.9 Å². The molecule has 2 aromatic rings. The fraction of sp³-hybridized carbons (Fsp3) is 0.391. The molecule has 16 heteroatoms. The maximum Gasteiger partial charge on any atom is 0.459 e. The normalized spacial score (nSPS) is 24.6. The summed E-state index contributed by atoms with van der Waals surface area (Å²) in [6.45, 7) is 0.996. The zero-order valence-electron chi connectivity index (χ0n) is 20.7. The topological polar surface area (TPSA) is 205 Å². The number of benzene rings is 1. The molecule has 4 N–H and O–H groups in total. The number of aromatic nitrogens is 2. The summed E-state index contributed by atoms with van der Waals surface area (Å²) in [5.41, 5.74) is -4.15. The summed E-state index contributed by atoms with van der Waals surface area (Å²) in [5.74, 6) is 0.415. The van der Waals surface area contributed by atoms with Crippen molar-refractivity contribution < 1.29 is 47.6 Å². The van der Waals surface area contributed by atoms with Crippen LogP contribution in [-0.4, -0.2) is 69.0 Å². The third kappa shape index (κ3) is 7.21. The first-order chi connectivity index (χ1) is 18.4. The summed E-state index contributed by atoms with van der Waals surface area (Å²) in [4.78, 5) is 48.8. The molecule has 0 radical (unpaired) electrons. The third-order valence-corrected chi connectivity index (χ3v) is 7.01. The Labute approximate surface area is 221 Å². The lowest BCUT2D eigenvalue weighted by Crippen LogP contribution is -2.48. The quantitative estimate of drug-likeness (QED) is 0.116. The van der Waals surface area contributed by atoms with Crippen LogP contribution >= 0.6 is 7.75 Å². The van der Waals surface area contributed by atoms with Crippen LogP contribution in [0, 0.1) is 12.3 Å². The van der Waals surface area contributed by atoms with Gasteiger partial charge in [-0.1, -0.05) is 24.1 Å². The second-order valence-electron chi connectivity index (χ2n) is 8.22. The minimum absolute atomic E-state index is 0.0829. The van der Waals surface area contributed by atoms with Gasteiger partial charge >= 0.3 is 25.4 Å². The first-order valence-electron chi connectivity index (χ1n) is 11.3. The molecule has 39 heavy (non-hydrogen) atoms. The Morgan fingerprint density at radius 1 is 1.28 bits per heavy atom. The van der Waals surface area contributed by atoms with Gasteiger partial charge in [0.1, 0.15) is 24.0 Å². The summed E-state index contributed by atoms with van der Waals surface area (Å²) >= 11 is 0. The van der Waals surface area contributed by atoms with Gasteiger partial charge in [0.05, 0.1) is 6.61 Å². The van der Waals surface area contributed by atoms with E-state index in [1.165, 1.54) is 19.1 Å². The van der Waals surface area contributed by atoms with Crippen molar-refractivity contribution in [1.29, 1.82) is 0 Å². The number of ether oxygens (including phenoxy) is 3. The van der Waals surface area contributed by atoms with Gasteiger partial charge < -0.3 is 28.9 Å². The standard InChI is InChI=1S/C23H26N3O12P/c1-4-23(32)19(29)17(37-21(23)26-11-10-18(28)24-22(26)31)12-36-39(33,38-16-8-6-5-7-9-16)25-14(2)20(30)35-13-34-15(3)27/h1,5-11,14,17,19,21,29,32H,12-13H2,2-3H3,(H,25,33)(H,24,28,31). The highest BCUT2D eigenvalue weighted by molar-refractivity contribution is 7.52. The van der Waals surface area contributed by atoms with Crippen LogP contribution < -0.4 is 20.9 Å². The van der Waals surface area contributed by atoms with Crippen molar-refractivity contribution in [1.82, 2.24) is 14.6 Å². The Morgan fingerprint density at radius 3 is 2.59 bits per heavy atom. The van der Waals surface area contributed by atoms with E-state index in [0.29, 0.717) is 0 Å². The first-order valence-corrected chi connectivity index (χ1v) is 12.8. The van der Waals surface area contributed by atoms with E-state index >= 15 is 0 Å². The van der Waals surface area contributed by atoms with E-state index in [2.05, 4.69) is 9.82 Å². The number of carbonyl (C=O) groups is 2. The Morgan fingerprint density at radius 2 is 1.97 bits per heavy atom. The number of aromatic amines is 1. The molecule has 3 rings (SSSR count). The second-order valence-corrected chi connectivity index (χ2v) is 9.92. The molecule has 1 saturated heterocycles. The van der Waals surface area contributed by atoms with Gasteiger partial charge in [-0.15, -0.1) is 6.42 Å². The average molecular weight is 567 g/mol. The maximum absolute atomic E-state index is 13.6. The van der Waals surface area contributed by atoms with Crippen molar-refractivity contribution >= 4 is 19.7 Å². The van der Waals surface area contributed by atoms with Gasteiger partial charge in [-0.3, -0.25) is 28.5 Å². The average Bonchev–Trinajstić information content (AvgIpc) is 3.13. The van der Waals surface area contributed by atoms with Gasteiger partial charge in [-0.2, -0.15) is 5.09 Å². The van der Waals surface area contributed by atoms with E-state index in [-0.39, 0.29) is 5.75 Å². The molecular weight excluding hydrogens is 541 g/mol. The summed E-state index contributed by atoms with van der Waals surface area (Å²) in [6, 6.07) is 7.42. The lowest BCUT2D eigenvalue weighted by molar-refractivity contribution is -0.166. The molecule has 1 aliphatic rings. The van der Waals surface area contributed by atoms with E-state index in [0.717, 1.165) is 23.8 Å². The highest BCUT2D eigenvalue weighted by Crippen LogP contribution is 2.46. The number of carbonyl (C=O) groups excluding carboxylic acids is 2. The summed E-state index contributed by atoms with van der Waals surface area (Å²) in [6.07, 6.45) is 1.46. The van der Waals surface area contributed by atoms with E-state index in [9.17, 15) is 34.0 Å². The van der Waals surface area contributed by atoms with Gasteiger partial charge in [-0.25, -0.2) is 9.36 Å². The predicted octanol–water partition coefficient (Wildman–Crippen LogP) is -0.595. The third-order valence-electron chi connectivity index (χ3n) is 5.36. The van der Waals surface area contributed by atoms with Crippen molar-refractivity contribution in [3.8, 4) is 18.1 Å². The molecule has 15 nitrogen and oxygen atoms in total. The zero-order chi connectivity index (χ0) is 28.8. The van der Waals surface area contributed by atoms with Crippen molar-refractivity contribution in [2.75, 3.05) is 13.4 Å². The molecule has 1 aromatic carbocycles. The van der Waals surface area contributed by atoms with Crippen LogP contribution in [0.25, 0.3) is 0 Å². The van der Waals surface area contributed by atoms with Gasteiger partial charge in [0.2, 0.25) is 6.79 Å². The number of H-pyrrole nitrogens is 1. The molecule has 1 aromatic heterocycles. The molecule has 0 amide bonds. The lowest BCUT2D eigenvalue weighted by Gasteiger charge is -2.26. The molecule has 0 aliphatic carbocycles. The first kappa shape index (κ1) is 29.8. The molecule has 1 aliphatic heterocycles. The maximum atomic E-state index is 13.6. The molecule has 0 saturated carbocycles. The lowest BCUT2D eigenvalue weighted by atomic mass is 9.95. The number of para-hydroxylation sites is 1. The van der Waals surface area contributed by atoms with E-state index in [1.807, 2.05) is 10.9 Å². The number of esters is 2. The van der Waals surface area contributed by atoms with Crippen molar-refractivity contribution in [3.63, 3.8) is 0 Å². The number of rotatable bonds is 11. The molecule has 210 valence electrons. The molecule has 6 atom stereocenters. The smallest absolute Gasteiger partial charge is 0.428 e. The Hall–Kier alpha value is -3.77. The Bertz CT molecular complexity index is 1390. The van der Waals surface area contributed by atoms with Crippen LogP contribution in [0.2, 0.25) is 0 Å². The highest BCUT2D eigenvalue weighted by Gasteiger charge is 2.56. The summed E-state index contributed by atoms with van der Waals surface area (Å²) in [7, 11) is -4.44. The Balaban J connectivity index is 1.80. The summed E-state index contributed by atoms with van der Waals surface area (Å²) < 4.78 is 40.2. The number of aliphatic hydroxyl groups is 2. The largest absolute Gasteiger partial charge is 0.459 e. The number of hydrogen-bond acceptors (Lipinski definition) is 12. The summed E-state index contributed by atoms with van der Waals surface area (Å²) in [5, 5.41) is 24.0. The van der Waals surface area contributed by atoms with Gasteiger partial charge in [-0.05, 0) is 19.1 Å². The number of nitrogens with one attached hydrogen (secondary N) is 2. The number of aliphatic hydroxyl groups excluding tert-OH is 1.